The molecule has 0 aliphatic heterocycles. The van der Waals surface area contributed by atoms with Crippen molar-refractivity contribution in [1.82, 2.24) is 0 Å². The average Bonchev–Trinajstić information content (AvgIpc) is 2.75. The Morgan fingerprint density at radius 2 is 2.29 bits per heavy atom. The van der Waals surface area contributed by atoms with Crippen LogP contribution in [0.25, 0.3) is 0 Å². The van der Waals surface area contributed by atoms with Crippen molar-refractivity contribution in [3.63, 3.8) is 0 Å². The average molecular weight is 224 g/mol. The zero-order chi connectivity index (χ0) is 9.97. The minimum Gasteiger partial charge on any atom is -0.388 e. The Balaban J connectivity index is 2.10. The van der Waals surface area contributed by atoms with Crippen LogP contribution in [-0.4, -0.2) is 5.11 Å². The van der Waals surface area contributed by atoms with Crippen molar-refractivity contribution in [2.75, 3.05) is 0 Å². The quantitative estimate of drug-likeness (QED) is 0.847. The molecule has 0 aliphatic carbocycles. The largest absolute Gasteiger partial charge is 0.388 e. The fourth-order valence-corrected chi connectivity index (χ4v) is 3.08. The highest BCUT2D eigenvalue weighted by atomic mass is 32.1. The molecule has 1 atom stereocenters. The van der Waals surface area contributed by atoms with E-state index in [0.29, 0.717) is 0 Å². The summed E-state index contributed by atoms with van der Waals surface area (Å²) in [5, 5.41) is 16.1. The lowest BCUT2D eigenvalue weighted by Crippen LogP contribution is -2.00. The van der Waals surface area contributed by atoms with Crippen molar-refractivity contribution < 1.29 is 5.11 Å². The second kappa shape index (κ2) is 4.26. The van der Waals surface area contributed by atoms with Gasteiger partial charge in [-0.1, -0.05) is 6.07 Å². The van der Waals surface area contributed by atoms with E-state index < -0.39 is 0 Å². The van der Waals surface area contributed by atoms with E-state index in [-0.39, 0.29) is 6.10 Å². The fourth-order valence-electron chi connectivity index (χ4n) is 1.44. The standard InChI is InChI=1S/C11H12OS2/c1-8-6-13-7-10(8)11(12)5-9-3-2-4-14-9/h2-4,6-7,11-12H,5H2,1H3. The van der Waals surface area contributed by atoms with Gasteiger partial charge in [-0.25, -0.2) is 0 Å². The lowest BCUT2D eigenvalue weighted by Gasteiger charge is -2.08. The van der Waals surface area contributed by atoms with Gasteiger partial charge >= 0.3 is 0 Å². The third-order valence-corrected chi connectivity index (χ3v) is 4.01. The first-order chi connectivity index (χ1) is 6.77. The Bertz CT molecular complexity index is 389. The summed E-state index contributed by atoms with van der Waals surface area (Å²) in [6, 6.07) is 4.09. The molecule has 0 amide bonds. The highest BCUT2D eigenvalue weighted by Gasteiger charge is 2.12. The molecule has 0 radical (unpaired) electrons. The summed E-state index contributed by atoms with van der Waals surface area (Å²) in [5.41, 5.74) is 2.27. The Kier molecular flexibility index (Phi) is 3.01. The van der Waals surface area contributed by atoms with Crippen LogP contribution < -0.4 is 0 Å². The molecule has 3 heteroatoms. The summed E-state index contributed by atoms with van der Waals surface area (Å²) in [6.45, 7) is 2.05. The van der Waals surface area contributed by atoms with Crippen LogP contribution in [0.2, 0.25) is 0 Å². The number of hydrogen-bond acceptors (Lipinski definition) is 3. The van der Waals surface area contributed by atoms with E-state index >= 15 is 0 Å². The SMILES string of the molecule is Cc1cscc1C(O)Cc1cccs1. The summed E-state index contributed by atoms with van der Waals surface area (Å²) in [7, 11) is 0. The van der Waals surface area contributed by atoms with E-state index in [2.05, 4.69) is 11.4 Å². The van der Waals surface area contributed by atoms with Crippen molar-refractivity contribution in [2.45, 2.75) is 19.4 Å². The van der Waals surface area contributed by atoms with Crippen LogP contribution >= 0.6 is 22.7 Å². The van der Waals surface area contributed by atoms with Crippen molar-refractivity contribution in [1.29, 1.82) is 0 Å². The molecule has 0 fully saturated rings. The molecular weight excluding hydrogens is 212 g/mol. The molecule has 1 N–H and O–H groups in total. The van der Waals surface area contributed by atoms with Crippen LogP contribution in [0.3, 0.4) is 0 Å². The third-order valence-electron chi connectivity index (χ3n) is 2.23. The first kappa shape index (κ1) is 9.90. The van der Waals surface area contributed by atoms with Gasteiger partial charge in [-0.15, -0.1) is 11.3 Å². The van der Waals surface area contributed by atoms with E-state index in [1.807, 2.05) is 23.8 Å². The van der Waals surface area contributed by atoms with E-state index in [0.717, 1.165) is 12.0 Å². The number of aryl methyl sites for hydroxylation is 1. The van der Waals surface area contributed by atoms with E-state index in [4.69, 9.17) is 0 Å². The summed E-state index contributed by atoms with van der Waals surface area (Å²) in [6.07, 6.45) is 0.384. The van der Waals surface area contributed by atoms with Crippen molar-refractivity contribution in [3.8, 4) is 0 Å². The molecule has 2 rings (SSSR count). The van der Waals surface area contributed by atoms with Gasteiger partial charge in [0.2, 0.25) is 0 Å². The second-order valence-electron chi connectivity index (χ2n) is 3.31. The molecule has 0 bridgehead atoms. The van der Waals surface area contributed by atoms with E-state index in [1.54, 1.807) is 22.7 Å². The predicted molar refractivity (Wildman–Crippen MR) is 62.0 cm³/mol. The number of thiophene rings is 2. The molecule has 2 aromatic rings. The van der Waals surface area contributed by atoms with E-state index in [1.165, 1.54) is 10.4 Å². The van der Waals surface area contributed by atoms with Crippen LogP contribution in [0, 0.1) is 6.92 Å². The molecule has 0 saturated carbocycles. The van der Waals surface area contributed by atoms with Gasteiger partial charge in [0.25, 0.3) is 0 Å². The smallest absolute Gasteiger partial charge is 0.0848 e. The molecule has 0 aliphatic rings. The van der Waals surface area contributed by atoms with Crippen molar-refractivity contribution in [2.24, 2.45) is 0 Å². The molecule has 2 heterocycles. The normalized spacial score (nSPS) is 13.0. The van der Waals surface area contributed by atoms with Gasteiger partial charge < -0.3 is 5.11 Å². The Labute approximate surface area is 91.7 Å². The van der Waals surface area contributed by atoms with Crippen LogP contribution in [-0.2, 0) is 6.42 Å². The third kappa shape index (κ3) is 2.05. The highest BCUT2D eigenvalue weighted by molar-refractivity contribution is 7.10. The van der Waals surface area contributed by atoms with Crippen LogP contribution in [0.1, 0.15) is 22.1 Å². The van der Waals surface area contributed by atoms with Gasteiger partial charge in [0.1, 0.15) is 0 Å². The van der Waals surface area contributed by atoms with E-state index in [9.17, 15) is 5.11 Å². The van der Waals surface area contributed by atoms with Crippen molar-refractivity contribution in [3.05, 3.63) is 44.3 Å². The highest BCUT2D eigenvalue weighted by Crippen LogP contribution is 2.25. The van der Waals surface area contributed by atoms with Gasteiger partial charge in [-0.2, -0.15) is 11.3 Å². The molecule has 1 nitrogen and oxygen atoms in total. The maximum absolute atomic E-state index is 9.98. The zero-order valence-electron chi connectivity index (χ0n) is 7.93. The predicted octanol–water partition coefficient (Wildman–Crippen LogP) is 3.39. The second-order valence-corrected chi connectivity index (χ2v) is 5.09. The van der Waals surface area contributed by atoms with Gasteiger partial charge in [0.15, 0.2) is 0 Å². The number of aliphatic hydroxyl groups excluding tert-OH is 1. The summed E-state index contributed by atoms with van der Waals surface area (Å²) < 4.78 is 0. The van der Waals surface area contributed by atoms with Crippen LogP contribution in [0.4, 0.5) is 0 Å². The lowest BCUT2D eigenvalue weighted by atomic mass is 10.1. The summed E-state index contributed by atoms with van der Waals surface area (Å²) >= 11 is 3.35. The first-order valence-corrected chi connectivity index (χ1v) is 6.33. The molecule has 14 heavy (non-hydrogen) atoms. The molecule has 0 saturated heterocycles. The summed E-state index contributed by atoms with van der Waals surface area (Å²) in [5.74, 6) is 0. The Morgan fingerprint density at radius 1 is 1.43 bits per heavy atom. The fraction of sp³-hybridized carbons (Fsp3) is 0.273. The maximum atomic E-state index is 9.98. The molecular formula is C11H12OS2. The molecule has 0 spiro atoms. The minimum atomic E-state index is -0.347. The van der Waals surface area contributed by atoms with Crippen LogP contribution in [0.5, 0.6) is 0 Å². The Hall–Kier alpha value is -0.640. The summed E-state index contributed by atoms with van der Waals surface area (Å²) in [4.78, 5) is 1.24. The van der Waals surface area contributed by atoms with Gasteiger partial charge in [0.05, 0.1) is 6.10 Å². The number of rotatable bonds is 3. The van der Waals surface area contributed by atoms with Crippen molar-refractivity contribution >= 4 is 22.7 Å². The maximum Gasteiger partial charge on any atom is 0.0848 e. The minimum absolute atomic E-state index is 0.347. The molecule has 1 unspecified atom stereocenters. The molecule has 74 valence electrons. The van der Waals surface area contributed by atoms with Gasteiger partial charge in [0, 0.05) is 11.3 Å². The molecule has 2 aromatic heterocycles. The van der Waals surface area contributed by atoms with Crippen LogP contribution in [0.15, 0.2) is 28.3 Å². The zero-order valence-corrected chi connectivity index (χ0v) is 9.57. The molecule has 0 aromatic carbocycles. The number of aliphatic hydroxyl groups is 1. The Morgan fingerprint density at radius 3 is 2.86 bits per heavy atom. The number of hydrogen-bond donors (Lipinski definition) is 1. The van der Waals surface area contributed by atoms with Gasteiger partial charge in [-0.3, -0.25) is 0 Å². The first-order valence-electron chi connectivity index (χ1n) is 4.50. The van der Waals surface area contributed by atoms with Gasteiger partial charge in [-0.05, 0) is 40.3 Å². The monoisotopic (exact) mass is 224 g/mol. The lowest BCUT2D eigenvalue weighted by molar-refractivity contribution is 0.179. The topological polar surface area (TPSA) is 20.2 Å².